The SMILES string of the molecule is CNCC(COC)Oc1ccccc1Cl. The molecule has 0 aromatic heterocycles. The molecule has 1 aromatic rings. The van der Waals surface area contributed by atoms with Crippen LogP contribution in [0.15, 0.2) is 24.3 Å². The van der Waals surface area contributed by atoms with Crippen molar-refractivity contribution >= 4 is 11.6 Å². The van der Waals surface area contributed by atoms with Crippen LogP contribution in [0.25, 0.3) is 0 Å². The number of hydrogen-bond donors (Lipinski definition) is 1. The van der Waals surface area contributed by atoms with Gasteiger partial charge in [0.05, 0.1) is 11.6 Å². The van der Waals surface area contributed by atoms with E-state index < -0.39 is 0 Å². The van der Waals surface area contributed by atoms with E-state index in [0.717, 1.165) is 6.54 Å². The maximum Gasteiger partial charge on any atom is 0.138 e. The molecular formula is C11H16ClNO2. The second-order valence-electron chi connectivity index (χ2n) is 3.18. The molecule has 1 unspecified atom stereocenters. The molecule has 0 saturated heterocycles. The summed E-state index contributed by atoms with van der Waals surface area (Å²) in [6.45, 7) is 1.26. The van der Waals surface area contributed by atoms with Gasteiger partial charge in [-0.1, -0.05) is 23.7 Å². The topological polar surface area (TPSA) is 30.5 Å². The molecule has 0 spiro atoms. The van der Waals surface area contributed by atoms with Crippen LogP contribution in [0, 0.1) is 0 Å². The van der Waals surface area contributed by atoms with E-state index in [9.17, 15) is 0 Å². The lowest BCUT2D eigenvalue weighted by atomic mass is 10.3. The highest BCUT2D eigenvalue weighted by atomic mass is 35.5. The number of nitrogens with one attached hydrogen (secondary N) is 1. The summed E-state index contributed by atoms with van der Waals surface area (Å²) in [7, 11) is 3.53. The minimum Gasteiger partial charge on any atom is -0.485 e. The smallest absolute Gasteiger partial charge is 0.138 e. The summed E-state index contributed by atoms with van der Waals surface area (Å²) in [5.41, 5.74) is 0. The molecule has 0 amide bonds. The summed E-state index contributed by atoms with van der Waals surface area (Å²) in [5, 5.41) is 3.66. The van der Waals surface area contributed by atoms with E-state index >= 15 is 0 Å². The Bertz CT molecular complexity index is 288. The minimum atomic E-state index is -0.0279. The van der Waals surface area contributed by atoms with Gasteiger partial charge in [-0.05, 0) is 19.2 Å². The fourth-order valence-electron chi connectivity index (χ4n) is 1.27. The van der Waals surface area contributed by atoms with Crippen LogP contribution < -0.4 is 10.1 Å². The summed E-state index contributed by atoms with van der Waals surface area (Å²) in [6, 6.07) is 7.42. The van der Waals surface area contributed by atoms with E-state index in [1.165, 1.54) is 0 Å². The molecule has 0 heterocycles. The molecule has 15 heavy (non-hydrogen) atoms. The fraction of sp³-hybridized carbons (Fsp3) is 0.455. The van der Waals surface area contributed by atoms with Gasteiger partial charge >= 0.3 is 0 Å². The maximum atomic E-state index is 5.98. The Morgan fingerprint density at radius 3 is 2.73 bits per heavy atom. The molecule has 0 aliphatic rings. The van der Waals surface area contributed by atoms with Crippen molar-refractivity contribution in [3.63, 3.8) is 0 Å². The van der Waals surface area contributed by atoms with Crippen LogP contribution in [0.5, 0.6) is 5.75 Å². The molecule has 0 radical (unpaired) electrons. The summed E-state index contributed by atoms with van der Waals surface area (Å²) in [4.78, 5) is 0. The lowest BCUT2D eigenvalue weighted by Gasteiger charge is -2.18. The van der Waals surface area contributed by atoms with Gasteiger partial charge in [0.15, 0.2) is 0 Å². The highest BCUT2D eigenvalue weighted by molar-refractivity contribution is 6.32. The molecular weight excluding hydrogens is 214 g/mol. The number of benzene rings is 1. The molecule has 1 rings (SSSR count). The number of likely N-dealkylation sites (N-methyl/N-ethyl adjacent to an activating group) is 1. The van der Waals surface area contributed by atoms with Crippen LogP contribution in [-0.2, 0) is 4.74 Å². The normalized spacial score (nSPS) is 12.5. The summed E-state index contributed by atoms with van der Waals surface area (Å²) < 4.78 is 10.8. The van der Waals surface area contributed by atoms with Gasteiger partial charge in [0.1, 0.15) is 11.9 Å². The zero-order valence-electron chi connectivity index (χ0n) is 9.00. The molecule has 0 saturated carbocycles. The van der Waals surface area contributed by atoms with Gasteiger partial charge in [-0.15, -0.1) is 0 Å². The van der Waals surface area contributed by atoms with Gasteiger partial charge in [-0.25, -0.2) is 0 Å². The predicted octanol–water partition coefficient (Wildman–Crippen LogP) is 1.95. The highest BCUT2D eigenvalue weighted by Gasteiger charge is 2.10. The Kier molecular flexibility index (Phi) is 5.47. The van der Waals surface area contributed by atoms with Crippen LogP contribution in [0.1, 0.15) is 0 Å². The molecule has 0 fully saturated rings. The number of halogens is 1. The standard InChI is InChI=1S/C11H16ClNO2/c1-13-7-9(8-14-2)15-11-6-4-3-5-10(11)12/h3-6,9,13H,7-8H2,1-2H3. The van der Waals surface area contributed by atoms with Crippen molar-refractivity contribution in [2.24, 2.45) is 0 Å². The number of hydrogen-bond acceptors (Lipinski definition) is 3. The Hall–Kier alpha value is -0.770. The van der Waals surface area contributed by atoms with Crippen LogP contribution in [0.4, 0.5) is 0 Å². The molecule has 1 aromatic carbocycles. The zero-order valence-corrected chi connectivity index (χ0v) is 9.75. The van der Waals surface area contributed by atoms with Gasteiger partial charge in [0.25, 0.3) is 0 Å². The monoisotopic (exact) mass is 229 g/mol. The first kappa shape index (κ1) is 12.3. The number of rotatable bonds is 6. The Morgan fingerprint density at radius 1 is 1.40 bits per heavy atom. The average molecular weight is 230 g/mol. The lowest BCUT2D eigenvalue weighted by molar-refractivity contribution is 0.0819. The molecule has 1 N–H and O–H groups in total. The Balaban J connectivity index is 2.60. The molecule has 4 heteroatoms. The van der Waals surface area contributed by atoms with Crippen LogP contribution >= 0.6 is 11.6 Å². The number of para-hydroxylation sites is 1. The van der Waals surface area contributed by atoms with Crippen LogP contribution in [0.3, 0.4) is 0 Å². The van der Waals surface area contributed by atoms with Crippen molar-refractivity contribution in [2.75, 3.05) is 27.3 Å². The van der Waals surface area contributed by atoms with Crippen LogP contribution in [-0.4, -0.2) is 33.4 Å². The van der Waals surface area contributed by atoms with E-state index in [0.29, 0.717) is 17.4 Å². The van der Waals surface area contributed by atoms with Gasteiger partial charge in [-0.3, -0.25) is 0 Å². The third kappa shape index (κ3) is 4.08. The predicted molar refractivity (Wildman–Crippen MR) is 61.7 cm³/mol. The zero-order chi connectivity index (χ0) is 11.1. The maximum absolute atomic E-state index is 5.98. The lowest BCUT2D eigenvalue weighted by Crippen LogP contribution is -2.33. The van der Waals surface area contributed by atoms with Gasteiger partial charge in [0, 0.05) is 13.7 Å². The molecule has 3 nitrogen and oxygen atoms in total. The van der Waals surface area contributed by atoms with Crippen molar-refractivity contribution < 1.29 is 9.47 Å². The highest BCUT2D eigenvalue weighted by Crippen LogP contribution is 2.24. The molecule has 84 valence electrons. The first-order valence-electron chi connectivity index (χ1n) is 4.82. The fourth-order valence-corrected chi connectivity index (χ4v) is 1.45. The third-order valence-electron chi connectivity index (χ3n) is 1.91. The second-order valence-corrected chi connectivity index (χ2v) is 3.59. The summed E-state index contributed by atoms with van der Waals surface area (Å²) in [6.07, 6.45) is -0.0279. The van der Waals surface area contributed by atoms with Crippen molar-refractivity contribution in [2.45, 2.75) is 6.10 Å². The van der Waals surface area contributed by atoms with E-state index in [1.807, 2.05) is 25.2 Å². The first-order chi connectivity index (χ1) is 7.27. The van der Waals surface area contributed by atoms with E-state index in [1.54, 1.807) is 13.2 Å². The van der Waals surface area contributed by atoms with Gasteiger partial charge < -0.3 is 14.8 Å². The molecule has 1 atom stereocenters. The molecule has 0 bridgehead atoms. The molecule has 0 aliphatic heterocycles. The van der Waals surface area contributed by atoms with Crippen LogP contribution in [0.2, 0.25) is 5.02 Å². The first-order valence-corrected chi connectivity index (χ1v) is 5.20. The Morgan fingerprint density at radius 2 is 2.13 bits per heavy atom. The van der Waals surface area contributed by atoms with E-state index in [2.05, 4.69) is 5.32 Å². The van der Waals surface area contributed by atoms with Crippen molar-refractivity contribution in [3.8, 4) is 5.75 Å². The Labute approximate surface area is 95.3 Å². The average Bonchev–Trinajstić information content (AvgIpc) is 2.22. The van der Waals surface area contributed by atoms with Gasteiger partial charge in [-0.2, -0.15) is 0 Å². The van der Waals surface area contributed by atoms with Crippen molar-refractivity contribution in [1.29, 1.82) is 0 Å². The van der Waals surface area contributed by atoms with E-state index in [4.69, 9.17) is 21.1 Å². The third-order valence-corrected chi connectivity index (χ3v) is 2.23. The molecule has 0 aliphatic carbocycles. The van der Waals surface area contributed by atoms with Crippen molar-refractivity contribution in [1.82, 2.24) is 5.32 Å². The number of methoxy groups -OCH3 is 1. The second kappa shape index (κ2) is 6.67. The summed E-state index contributed by atoms with van der Waals surface area (Å²) in [5.74, 6) is 0.691. The minimum absolute atomic E-state index is 0.0279. The quantitative estimate of drug-likeness (QED) is 0.809. The van der Waals surface area contributed by atoms with Gasteiger partial charge in [0.2, 0.25) is 0 Å². The van der Waals surface area contributed by atoms with Crippen molar-refractivity contribution in [3.05, 3.63) is 29.3 Å². The van der Waals surface area contributed by atoms with E-state index in [-0.39, 0.29) is 6.10 Å². The number of ether oxygens (including phenoxy) is 2. The summed E-state index contributed by atoms with van der Waals surface area (Å²) >= 11 is 5.98. The largest absolute Gasteiger partial charge is 0.485 e.